The van der Waals surface area contributed by atoms with E-state index in [0.29, 0.717) is 39.1 Å². The van der Waals surface area contributed by atoms with Gasteiger partial charge >= 0.3 is 24.3 Å². The topological polar surface area (TPSA) is 138 Å². The number of halogens is 3. The lowest BCUT2D eigenvalue weighted by atomic mass is 9.87. The number of hydrogen-bond acceptors (Lipinski definition) is 7. The standard InChI is InChI=1S/C21H30N4O5.C2HF3O2/c1-2-29-19(27)23-21(8-10-22-11-9-21)16-25-13-12-24(14-18(25)26)20(28)30-15-17-6-4-3-5-7-17;3-2(4,5)1(6)7/h3-7,22H,2,8-16H2,1H3,(H,23,27);(H,6,7). The second-order valence-corrected chi connectivity index (χ2v) is 8.46. The molecule has 2 fully saturated rings. The summed E-state index contributed by atoms with van der Waals surface area (Å²) >= 11 is 0. The molecule has 3 N–H and O–H groups in total. The van der Waals surface area contributed by atoms with Gasteiger partial charge < -0.3 is 30.1 Å². The van der Waals surface area contributed by atoms with Crippen LogP contribution < -0.4 is 10.6 Å². The van der Waals surface area contributed by atoms with Crippen LogP contribution in [-0.2, 0) is 25.7 Å². The third-order valence-electron chi connectivity index (χ3n) is 5.72. The Bertz CT molecular complexity index is 925. The Morgan fingerprint density at radius 2 is 1.73 bits per heavy atom. The molecule has 2 aliphatic heterocycles. The number of piperidine rings is 1. The van der Waals surface area contributed by atoms with Crippen molar-refractivity contribution < 1.29 is 46.9 Å². The van der Waals surface area contributed by atoms with E-state index in [1.807, 2.05) is 30.3 Å². The number of hydrogen-bond donors (Lipinski definition) is 3. The van der Waals surface area contributed by atoms with Gasteiger partial charge in [-0.3, -0.25) is 9.69 Å². The van der Waals surface area contributed by atoms with Gasteiger partial charge in [0, 0.05) is 19.6 Å². The zero-order chi connectivity index (χ0) is 27.5. The first-order valence-electron chi connectivity index (χ1n) is 11.6. The molecule has 37 heavy (non-hydrogen) atoms. The Morgan fingerprint density at radius 3 is 2.27 bits per heavy atom. The summed E-state index contributed by atoms with van der Waals surface area (Å²) in [4.78, 5) is 49.2. The lowest BCUT2D eigenvalue weighted by Crippen LogP contribution is -2.63. The summed E-state index contributed by atoms with van der Waals surface area (Å²) in [5.41, 5.74) is 0.372. The Labute approximate surface area is 211 Å². The normalized spacial score (nSPS) is 17.2. The number of benzene rings is 1. The number of carbonyl (C=O) groups excluding carboxylic acids is 3. The van der Waals surface area contributed by atoms with Crippen molar-refractivity contribution in [1.29, 1.82) is 0 Å². The Kier molecular flexibility index (Phi) is 11.0. The number of carboxylic acid groups (broad SMARTS) is 1. The van der Waals surface area contributed by atoms with E-state index < -0.39 is 29.9 Å². The van der Waals surface area contributed by atoms with Crippen LogP contribution >= 0.6 is 0 Å². The molecule has 0 aromatic heterocycles. The smallest absolute Gasteiger partial charge is 0.475 e. The van der Waals surface area contributed by atoms with Crippen molar-refractivity contribution in [3.63, 3.8) is 0 Å². The van der Waals surface area contributed by atoms with E-state index in [1.54, 1.807) is 11.8 Å². The molecule has 0 aliphatic carbocycles. The van der Waals surface area contributed by atoms with Gasteiger partial charge in [0.15, 0.2) is 0 Å². The van der Waals surface area contributed by atoms with Crippen molar-refractivity contribution >= 4 is 24.1 Å². The average Bonchev–Trinajstić information content (AvgIpc) is 2.85. The minimum Gasteiger partial charge on any atom is -0.475 e. The lowest BCUT2D eigenvalue weighted by Gasteiger charge is -2.43. The largest absolute Gasteiger partial charge is 0.490 e. The first kappa shape index (κ1) is 29.7. The van der Waals surface area contributed by atoms with Crippen LogP contribution in [0.1, 0.15) is 25.3 Å². The summed E-state index contributed by atoms with van der Waals surface area (Å²) in [6, 6.07) is 9.42. The summed E-state index contributed by atoms with van der Waals surface area (Å²) in [6.07, 6.45) is -4.63. The van der Waals surface area contributed by atoms with E-state index >= 15 is 0 Å². The van der Waals surface area contributed by atoms with Crippen LogP contribution in [0.4, 0.5) is 22.8 Å². The summed E-state index contributed by atoms with van der Waals surface area (Å²) in [6.45, 7) is 4.91. The first-order valence-corrected chi connectivity index (χ1v) is 11.6. The van der Waals surface area contributed by atoms with Gasteiger partial charge in [0.1, 0.15) is 13.2 Å². The van der Waals surface area contributed by atoms with Gasteiger partial charge in [-0.1, -0.05) is 30.3 Å². The van der Waals surface area contributed by atoms with Crippen molar-refractivity contribution in [2.24, 2.45) is 0 Å². The van der Waals surface area contributed by atoms with E-state index in [-0.39, 0.29) is 19.1 Å². The molecule has 0 atom stereocenters. The number of carboxylic acids is 1. The molecular weight excluding hydrogens is 501 g/mol. The van der Waals surface area contributed by atoms with Gasteiger partial charge in [-0.15, -0.1) is 0 Å². The molecule has 0 saturated carbocycles. The maximum atomic E-state index is 12.7. The number of ether oxygens (including phenoxy) is 2. The highest BCUT2D eigenvalue weighted by Crippen LogP contribution is 2.22. The Balaban J connectivity index is 0.000000604. The zero-order valence-electron chi connectivity index (χ0n) is 20.4. The van der Waals surface area contributed by atoms with Gasteiger partial charge in [-0.2, -0.15) is 13.2 Å². The maximum Gasteiger partial charge on any atom is 0.490 e. The Hall–Kier alpha value is -3.55. The number of amides is 3. The van der Waals surface area contributed by atoms with Crippen molar-refractivity contribution in [1.82, 2.24) is 20.4 Å². The third-order valence-corrected chi connectivity index (χ3v) is 5.72. The quantitative estimate of drug-likeness (QED) is 0.506. The highest BCUT2D eigenvalue weighted by Gasteiger charge is 2.39. The molecule has 0 bridgehead atoms. The van der Waals surface area contributed by atoms with Crippen LogP contribution in [-0.4, -0.2) is 96.6 Å². The average molecular weight is 533 g/mol. The third kappa shape index (κ3) is 9.79. The summed E-state index contributed by atoms with van der Waals surface area (Å²) < 4.78 is 42.1. The minimum absolute atomic E-state index is 0.0264. The molecule has 1 aromatic carbocycles. The summed E-state index contributed by atoms with van der Waals surface area (Å²) in [5, 5.41) is 13.4. The van der Waals surface area contributed by atoms with Gasteiger partial charge in [0.25, 0.3) is 0 Å². The van der Waals surface area contributed by atoms with Gasteiger partial charge in [-0.05, 0) is 38.4 Å². The summed E-state index contributed by atoms with van der Waals surface area (Å²) in [5.74, 6) is -2.91. The number of aliphatic carboxylic acids is 1. The molecule has 2 aliphatic rings. The van der Waals surface area contributed by atoms with Crippen molar-refractivity contribution in [3.8, 4) is 0 Å². The summed E-state index contributed by atoms with van der Waals surface area (Å²) in [7, 11) is 0. The van der Waals surface area contributed by atoms with Crippen LogP contribution in [0.5, 0.6) is 0 Å². The molecule has 0 unspecified atom stereocenters. The first-order chi connectivity index (χ1) is 17.5. The van der Waals surface area contributed by atoms with Crippen molar-refractivity contribution in [2.45, 2.75) is 38.1 Å². The number of piperazine rings is 1. The zero-order valence-corrected chi connectivity index (χ0v) is 20.4. The van der Waals surface area contributed by atoms with E-state index in [0.717, 1.165) is 18.7 Å². The predicted octanol–water partition coefficient (Wildman–Crippen LogP) is 1.97. The van der Waals surface area contributed by atoms with Gasteiger partial charge in [0.05, 0.1) is 12.1 Å². The van der Waals surface area contributed by atoms with E-state index in [4.69, 9.17) is 19.4 Å². The van der Waals surface area contributed by atoms with Crippen LogP contribution in [0.25, 0.3) is 0 Å². The van der Waals surface area contributed by atoms with Gasteiger partial charge in [-0.25, -0.2) is 14.4 Å². The molecule has 206 valence electrons. The van der Waals surface area contributed by atoms with Gasteiger partial charge in [0.2, 0.25) is 5.91 Å². The number of alkyl halides is 3. The van der Waals surface area contributed by atoms with Crippen LogP contribution in [0, 0.1) is 0 Å². The van der Waals surface area contributed by atoms with Crippen LogP contribution in [0.15, 0.2) is 30.3 Å². The monoisotopic (exact) mass is 532 g/mol. The van der Waals surface area contributed by atoms with Crippen LogP contribution in [0.2, 0.25) is 0 Å². The minimum atomic E-state index is -5.08. The van der Waals surface area contributed by atoms with Crippen LogP contribution in [0.3, 0.4) is 0 Å². The molecular formula is C23H31F3N4O7. The molecule has 0 spiro atoms. The number of carbonyl (C=O) groups is 4. The fraction of sp³-hybridized carbons (Fsp3) is 0.565. The van der Waals surface area contributed by atoms with E-state index in [1.165, 1.54) is 4.90 Å². The Morgan fingerprint density at radius 1 is 1.11 bits per heavy atom. The molecule has 2 saturated heterocycles. The molecule has 1 aromatic rings. The predicted molar refractivity (Wildman–Crippen MR) is 123 cm³/mol. The fourth-order valence-corrected chi connectivity index (χ4v) is 3.82. The fourth-order valence-electron chi connectivity index (χ4n) is 3.82. The lowest BCUT2D eigenvalue weighted by molar-refractivity contribution is -0.192. The molecule has 3 rings (SSSR count). The van der Waals surface area contributed by atoms with Crippen molar-refractivity contribution in [3.05, 3.63) is 35.9 Å². The number of nitrogens with one attached hydrogen (secondary N) is 2. The second kappa shape index (κ2) is 13.7. The highest BCUT2D eigenvalue weighted by atomic mass is 19.4. The molecule has 14 heteroatoms. The maximum absolute atomic E-state index is 12.7. The second-order valence-electron chi connectivity index (χ2n) is 8.46. The van der Waals surface area contributed by atoms with Crippen molar-refractivity contribution in [2.75, 3.05) is 45.9 Å². The molecule has 3 amide bonds. The number of alkyl carbamates (subject to hydrolysis) is 1. The molecule has 11 nitrogen and oxygen atoms in total. The SMILES string of the molecule is CCOC(=O)NC1(CN2CCN(C(=O)OCc3ccccc3)CC2=O)CCNCC1.O=C(O)C(F)(F)F. The van der Waals surface area contributed by atoms with E-state index in [9.17, 15) is 27.6 Å². The number of nitrogens with zero attached hydrogens (tertiary/aromatic N) is 2. The highest BCUT2D eigenvalue weighted by molar-refractivity contribution is 5.83. The number of rotatable bonds is 6. The molecule has 2 heterocycles. The molecule has 0 radical (unpaired) electrons. The van der Waals surface area contributed by atoms with E-state index in [2.05, 4.69) is 10.6 Å².